The van der Waals surface area contributed by atoms with Gasteiger partial charge in [0.2, 0.25) is 5.95 Å². The second-order valence-electron chi connectivity index (χ2n) is 16.2. The van der Waals surface area contributed by atoms with Gasteiger partial charge in [-0.1, -0.05) is 146 Å². The highest BCUT2D eigenvalue weighted by Gasteiger charge is 2.18. The molecule has 4 nitrogen and oxygen atoms in total. The first kappa shape index (κ1) is 35.6. The minimum absolute atomic E-state index is 0.648. The van der Waals surface area contributed by atoms with Crippen LogP contribution in [0.2, 0.25) is 0 Å². The first-order chi connectivity index (χ1) is 31.2. The Labute approximate surface area is 367 Å². The summed E-state index contributed by atoms with van der Waals surface area (Å²) in [5, 5.41) is 7.40. The van der Waals surface area contributed by atoms with E-state index in [-0.39, 0.29) is 0 Å². The maximum atomic E-state index is 5.26. The lowest BCUT2D eigenvalue weighted by atomic mass is 10.00. The van der Waals surface area contributed by atoms with Crippen LogP contribution in [-0.4, -0.2) is 19.1 Å². The molecule has 294 valence electrons. The zero-order valence-electron chi connectivity index (χ0n) is 34.0. The highest BCUT2D eigenvalue weighted by Crippen LogP contribution is 2.42. The molecule has 0 aliphatic carbocycles. The van der Waals surface area contributed by atoms with E-state index in [1.165, 1.54) is 75.2 Å². The molecule has 0 radical (unpaired) electrons. The molecule has 9 aromatic carbocycles. The molecule has 0 saturated heterocycles. The minimum Gasteiger partial charge on any atom is -0.309 e. The van der Waals surface area contributed by atoms with Crippen molar-refractivity contribution in [3.63, 3.8) is 0 Å². The minimum atomic E-state index is 0.648. The topological polar surface area (TPSA) is 35.6 Å². The first-order valence-corrected chi connectivity index (χ1v) is 22.1. The van der Waals surface area contributed by atoms with Gasteiger partial charge in [0.15, 0.2) is 0 Å². The molecule has 0 spiro atoms. The molecule has 0 saturated carbocycles. The van der Waals surface area contributed by atoms with Gasteiger partial charge in [-0.15, -0.1) is 11.3 Å². The standard InChI is InChI=1S/C58H36N4S/c1-2-12-37(13-3-1)38-24-28-43(29-25-38)61-52-21-7-4-16-45(52)49-35-39(26-30-54(49)61)40-27-31-55-50(36-40)46-17-5-8-22-53(46)62(55)58-59-33-32-51(60-58)42-15-10-14-41(34-42)44-19-11-20-48-47-18-6-9-23-56(47)63-57(44)48/h1-36H. The number of para-hydroxylation sites is 2. The van der Waals surface area contributed by atoms with Gasteiger partial charge in [-0.05, 0) is 100 Å². The highest BCUT2D eigenvalue weighted by molar-refractivity contribution is 7.26. The van der Waals surface area contributed by atoms with Crippen LogP contribution >= 0.6 is 11.3 Å². The second kappa shape index (κ2) is 14.2. The zero-order valence-corrected chi connectivity index (χ0v) is 34.8. The maximum Gasteiger partial charge on any atom is 0.235 e. The summed E-state index contributed by atoms with van der Waals surface area (Å²) in [6.45, 7) is 0. The SMILES string of the molecule is c1ccc(-c2ccc(-n3c4ccccc4c4cc(-c5ccc6c(c5)c5ccccc5n6-c5nccc(-c6cccc(-c7cccc8c7sc7ccccc78)c6)n5)ccc43)cc2)cc1. The maximum absolute atomic E-state index is 5.26. The summed E-state index contributed by atoms with van der Waals surface area (Å²) in [6, 6.07) is 76.6. The van der Waals surface area contributed by atoms with Crippen molar-refractivity contribution < 1.29 is 0 Å². The van der Waals surface area contributed by atoms with E-state index in [0.717, 1.165) is 38.9 Å². The summed E-state index contributed by atoms with van der Waals surface area (Å²) < 4.78 is 7.21. The normalized spacial score (nSPS) is 11.8. The Morgan fingerprint density at radius 3 is 1.67 bits per heavy atom. The van der Waals surface area contributed by atoms with E-state index in [2.05, 4.69) is 215 Å². The van der Waals surface area contributed by atoms with Crippen molar-refractivity contribution in [2.75, 3.05) is 0 Å². The Hall–Kier alpha value is -8.12. The molecule has 13 aromatic rings. The van der Waals surface area contributed by atoms with E-state index in [0.29, 0.717) is 5.95 Å². The van der Waals surface area contributed by atoms with Gasteiger partial charge in [0.25, 0.3) is 0 Å². The first-order valence-electron chi connectivity index (χ1n) is 21.3. The number of fused-ring (bicyclic) bond motifs is 9. The lowest BCUT2D eigenvalue weighted by Gasteiger charge is -2.10. The fraction of sp³-hybridized carbons (Fsp3) is 0. The largest absolute Gasteiger partial charge is 0.309 e. The number of thiophene rings is 1. The lowest BCUT2D eigenvalue weighted by molar-refractivity contribution is 0.992. The Morgan fingerprint density at radius 1 is 0.349 bits per heavy atom. The van der Waals surface area contributed by atoms with Crippen LogP contribution in [0.4, 0.5) is 0 Å². The van der Waals surface area contributed by atoms with Gasteiger partial charge in [0, 0.05) is 59.2 Å². The van der Waals surface area contributed by atoms with Crippen molar-refractivity contribution in [2.45, 2.75) is 0 Å². The van der Waals surface area contributed by atoms with E-state index >= 15 is 0 Å². The van der Waals surface area contributed by atoms with Gasteiger partial charge in [0.05, 0.1) is 27.8 Å². The van der Waals surface area contributed by atoms with E-state index in [9.17, 15) is 0 Å². The molecule has 13 rings (SSSR count). The molecular weight excluding hydrogens is 785 g/mol. The number of nitrogens with zero attached hydrogens (tertiary/aromatic N) is 4. The Morgan fingerprint density at radius 2 is 0.905 bits per heavy atom. The summed E-state index contributed by atoms with van der Waals surface area (Å²) in [5.41, 5.74) is 14.8. The number of hydrogen-bond donors (Lipinski definition) is 0. The summed E-state index contributed by atoms with van der Waals surface area (Å²) in [6.07, 6.45) is 1.88. The zero-order chi connectivity index (χ0) is 41.4. The third-order valence-electron chi connectivity index (χ3n) is 12.6. The molecule has 4 aromatic heterocycles. The highest BCUT2D eigenvalue weighted by atomic mass is 32.1. The molecule has 5 heteroatoms. The molecule has 0 unspecified atom stereocenters. The molecule has 0 aliphatic heterocycles. The van der Waals surface area contributed by atoms with Crippen LogP contribution in [0.5, 0.6) is 0 Å². The van der Waals surface area contributed by atoms with E-state index in [1.54, 1.807) is 0 Å². The second-order valence-corrected chi connectivity index (χ2v) is 17.2. The average molecular weight is 821 g/mol. The van der Waals surface area contributed by atoms with Crippen LogP contribution in [0.15, 0.2) is 219 Å². The smallest absolute Gasteiger partial charge is 0.235 e. The number of aromatic nitrogens is 4. The van der Waals surface area contributed by atoms with Crippen LogP contribution in [0.25, 0.3) is 120 Å². The molecule has 0 atom stereocenters. The average Bonchev–Trinajstić information content (AvgIpc) is 4.02. The quantitative estimate of drug-likeness (QED) is 0.167. The van der Waals surface area contributed by atoms with Gasteiger partial charge in [-0.2, -0.15) is 0 Å². The van der Waals surface area contributed by atoms with E-state index < -0.39 is 0 Å². The Kier molecular flexibility index (Phi) is 8.05. The van der Waals surface area contributed by atoms with Crippen molar-refractivity contribution in [3.05, 3.63) is 219 Å². The van der Waals surface area contributed by atoms with Gasteiger partial charge < -0.3 is 4.57 Å². The van der Waals surface area contributed by atoms with Crippen LogP contribution in [-0.2, 0) is 0 Å². The van der Waals surface area contributed by atoms with Gasteiger partial charge in [0.1, 0.15) is 0 Å². The van der Waals surface area contributed by atoms with Crippen molar-refractivity contribution in [3.8, 4) is 56.3 Å². The van der Waals surface area contributed by atoms with E-state index in [4.69, 9.17) is 9.97 Å². The summed E-state index contributed by atoms with van der Waals surface area (Å²) in [4.78, 5) is 10.2. The monoisotopic (exact) mass is 820 g/mol. The predicted octanol–water partition coefficient (Wildman–Crippen LogP) is 15.7. The third kappa shape index (κ3) is 5.74. The molecule has 0 aliphatic rings. The predicted molar refractivity (Wildman–Crippen MR) is 265 cm³/mol. The molecule has 0 fully saturated rings. The number of hydrogen-bond acceptors (Lipinski definition) is 3. The summed E-state index contributed by atoms with van der Waals surface area (Å²) >= 11 is 1.86. The van der Waals surface area contributed by atoms with Gasteiger partial charge in [-0.25, -0.2) is 9.97 Å². The fourth-order valence-electron chi connectivity index (χ4n) is 9.67. The van der Waals surface area contributed by atoms with Crippen molar-refractivity contribution in [1.29, 1.82) is 0 Å². The lowest BCUT2D eigenvalue weighted by Crippen LogP contribution is -2.01. The Balaban J connectivity index is 0.890. The van der Waals surface area contributed by atoms with Crippen LogP contribution < -0.4 is 0 Å². The molecule has 63 heavy (non-hydrogen) atoms. The van der Waals surface area contributed by atoms with Crippen molar-refractivity contribution >= 4 is 75.1 Å². The van der Waals surface area contributed by atoms with Crippen molar-refractivity contribution in [2.24, 2.45) is 0 Å². The molecule has 0 N–H and O–H groups in total. The van der Waals surface area contributed by atoms with Gasteiger partial charge >= 0.3 is 0 Å². The fourth-order valence-corrected chi connectivity index (χ4v) is 10.9. The Bertz CT molecular complexity index is 3910. The van der Waals surface area contributed by atoms with Gasteiger partial charge in [-0.3, -0.25) is 4.57 Å². The van der Waals surface area contributed by atoms with Crippen molar-refractivity contribution in [1.82, 2.24) is 19.1 Å². The number of rotatable bonds is 6. The van der Waals surface area contributed by atoms with Crippen LogP contribution in [0, 0.1) is 0 Å². The molecule has 4 heterocycles. The van der Waals surface area contributed by atoms with E-state index in [1.807, 2.05) is 23.6 Å². The molecule has 0 amide bonds. The summed E-state index contributed by atoms with van der Waals surface area (Å²) in [7, 11) is 0. The number of benzene rings is 9. The molecular formula is C58H36N4S. The summed E-state index contributed by atoms with van der Waals surface area (Å²) in [5.74, 6) is 0.648. The van der Waals surface area contributed by atoms with Crippen LogP contribution in [0.3, 0.4) is 0 Å². The third-order valence-corrected chi connectivity index (χ3v) is 13.8. The van der Waals surface area contributed by atoms with Crippen LogP contribution in [0.1, 0.15) is 0 Å². The molecule has 0 bridgehead atoms.